The van der Waals surface area contributed by atoms with Crippen LogP contribution in [0, 0.1) is 5.82 Å². The highest BCUT2D eigenvalue weighted by molar-refractivity contribution is 6.07. The Morgan fingerprint density at radius 2 is 1.79 bits per heavy atom. The lowest BCUT2D eigenvalue weighted by Crippen LogP contribution is -2.55. The van der Waals surface area contributed by atoms with Crippen molar-refractivity contribution < 1.29 is 31.9 Å². The number of H-pyrrole nitrogens is 1. The van der Waals surface area contributed by atoms with Crippen molar-refractivity contribution in [1.82, 2.24) is 14.8 Å². The fraction of sp³-hybridized carbons (Fsp3) is 0.500. The molecule has 1 aliphatic carbocycles. The van der Waals surface area contributed by atoms with Crippen LogP contribution in [0.25, 0.3) is 5.57 Å². The molecular formula is C30H35F4N5O4. The molecule has 2 atom stereocenters. The maximum Gasteiger partial charge on any atom is 0.417 e. The van der Waals surface area contributed by atoms with Crippen molar-refractivity contribution in [2.75, 3.05) is 43.4 Å². The number of pyridine rings is 1. The zero-order valence-corrected chi connectivity index (χ0v) is 24.5. The molecule has 3 aliphatic rings. The Morgan fingerprint density at radius 3 is 2.40 bits per heavy atom. The van der Waals surface area contributed by atoms with E-state index in [1.165, 1.54) is 17.0 Å². The molecule has 5 rings (SSSR count). The number of aromatic amines is 1. The number of nitrogens with one attached hydrogen (secondary N) is 2. The zero-order chi connectivity index (χ0) is 31.3. The number of alkyl halides is 3. The van der Waals surface area contributed by atoms with Crippen LogP contribution in [-0.4, -0.2) is 77.7 Å². The van der Waals surface area contributed by atoms with Gasteiger partial charge in [-0.2, -0.15) is 13.2 Å². The lowest BCUT2D eigenvalue weighted by Gasteiger charge is -2.44. The Morgan fingerprint density at radius 1 is 1.12 bits per heavy atom. The number of likely N-dealkylation sites (N-methyl/N-ethyl adjacent to an activating group) is 1. The number of anilines is 2. The van der Waals surface area contributed by atoms with Crippen molar-refractivity contribution in [3.8, 4) is 0 Å². The van der Waals surface area contributed by atoms with Crippen LogP contribution >= 0.6 is 0 Å². The van der Waals surface area contributed by atoms with E-state index in [1.54, 1.807) is 6.08 Å². The summed E-state index contributed by atoms with van der Waals surface area (Å²) in [4.78, 5) is 45.3. The second-order valence-electron chi connectivity index (χ2n) is 12.0. The van der Waals surface area contributed by atoms with Gasteiger partial charge in [-0.05, 0) is 64.8 Å². The van der Waals surface area contributed by atoms with Gasteiger partial charge in [-0.1, -0.05) is 6.08 Å². The minimum absolute atomic E-state index is 0.0687. The van der Waals surface area contributed by atoms with Crippen molar-refractivity contribution in [3.63, 3.8) is 0 Å². The van der Waals surface area contributed by atoms with E-state index in [2.05, 4.69) is 15.2 Å². The monoisotopic (exact) mass is 605 g/mol. The fourth-order valence-electron chi connectivity index (χ4n) is 5.80. The zero-order valence-electron chi connectivity index (χ0n) is 24.5. The van der Waals surface area contributed by atoms with E-state index in [4.69, 9.17) is 4.74 Å². The van der Waals surface area contributed by atoms with Crippen LogP contribution in [0.5, 0.6) is 0 Å². The van der Waals surface area contributed by atoms with Gasteiger partial charge in [-0.25, -0.2) is 9.18 Å². The molecule has 3 heterocycles. The molecule has 232 valence electrons. The lowest BCUT2D eigenvalue weighted by atomic mass is 9.82. The number of amides is 2. The molecule has 1 saturated carbocycles. The first-order chi connectivity index (χ1) is 20.1. The minimum Gasteiger partial charge on any atom is -0.443 e. The van der Waals surface area contributed by atoms with E-state index in [1.807, 2.05) is 32.7 Å². The van der Waals surface area contributed by atoms with Gasteiger partial charge in [0, 0.05) is 56.1 Å². The topological polar surface area (TPSA) is 98.0 Å². The van der Waals surface area contributed by atoms with Gasteiger partial charge in [-0.3, -0.25) is 14.5 Å². The van der Waals surface area contributed by atoms with Gasteiger partial charge in [0.05, 0.1) is 22.5 Å². The number of carbonyl (C=O) groups excluding carboxylic acids is 2. The molecule has 2 aliphatic heterocycles. The largest absolute Gasteiger partial charge is 0.443 e. The molecule has 2 fully saturated rings. The van der Waals surface area contributed by atoms with Gasteiger partial charge in [0.1, 0.15) is 11.4 Å². The number of carbonyl (C=O) groups is 2. The van der Waals surface area contributed by atoms with Gasteiger partial charge in [0.15, 0.2) is 0 Å². The number of benzene rings is 1. The van der Waals surface area contributed by atoms with Crippen LogP contribution < -0.4 is 15.8 Å². The van der Waals surface area contributed by atoms with Gasteiger partial charge in [0.25, 0.3) is 5.91 Å². The highest BCUT2D eigenvalue weighted by Gasteiger charge is 2.39. The molecule has 9 nitrogen and oxygen atoms in total. The van der Waals surface area contributed by atoms with Gasteiger partial charge >= 0.3 is 12.3 Å². The molecule has 1 aromatic heterocycles. The van der Waals surface area contributed by atoms with Crippen LogP contribution in [0.3, 0.4) is 0 Å². The number of halogens is 4. The Kier molecular flexibility index (Phi) is 8.05. The summed E-state index contributed by atoms with van der Waals surface area (Å²) in [6, 6.07) is 3.13. The Bertz CT molecular complexity index is 1500. The van der Waals surface area contributed by atoms with Crippen molar-refractivity contribution >= 4 is 28.9 Å². The van der Waals surface area contributed by atoms with Crippen LogP contribution in [0.15, 0.2) is 35.3 Å². The minimum atomic E-state index is -4.96. The molecule has 2 amide bonds. The highest BCUT2D eigenvalue weighted by Crippen LogP contribution is 2.38. The summed E-state index contributed by atoms with van der Waals surface area (Å²) >= 11 is 0. The number of aromatic nitrogens is 1. The van der Waals surface area contributed by atoms with Crippen molar-refractivity contribution in [2.45, 2.75) is 63.9 Å². The average molecular weight is 606 g/mol. The molecule has 1 saturated heterocycles. The third-order valence-corrected chi connectivity index (χ3v) is 8.78. The van der Waals surface area contributed by atoms with Crippen molar-refractivity contribution in [2.24, 2.45) is 0 Å². The smallest absolute Gasteiger partial charge is 0.417 e. The van der Waals surface area contributed by atoms with E-state index >= 15 is 4.39 Å². The van der Waals surface area contributed by atoms with E-state index in [0.29, 0.717) is 30.4 Å². The van der Waals surface area contributed by atoms with Crippen molar-refractivity contribution in [1.29, 1.82) is 0 Å². The third kappa shape index (κ3) is 6.27. The Balaban J connectivity index is 1.48. The Labute approximate surface area is 246 Å². The second kappa shape index (κ2) is 11.3. The summed E-state index contributed by atoms with van der Waals surface area (Å²) in [5, 5.41) is 2.55. The summed E-state index contributed by atoms with van der Waals surface area (Å²) in [5.74, 6) is -1.71. The van der Waals surface area contributed by atoms with Crippen LogP contribution in [0.4, 0.5) is 33.7 Å². The Hall–Kier alpha value is -3.87. The van der Waals surface area contributed by atoms with E-state index in [9.17, 15) is 27.6 Å². The summed E-state index contributed by atoms with van der Waals surface area (Å²) in [7, 11) is 1.97. The number of piperazine rings is 1. The first kappa shape index (κ1) is 30.6. The quantitative estimate of drug-likeness (QED) is 0.461. The molecule has 0 bridgehead atoms. The van der Waals surface area contributed by atoms with Crippen molar-refractivity contribution in [3.05, 3.63) is 63.3 Å². The number of ether oxygens (including phenoxy) is 1. The number of hydrogen-bond acceptors (Lipinski definition) is 6. The molecule has 43 heavy (non-hydrogen) atoms. The third-order valence-electron chi connectivity index (χ3n) is 8.78. The highest BCUT2D eigenvalue weighted by atomic mass is 19.4. The summed E-state index contributed by atoms with van der Waals surface area (Å²) in [6.07, 6.45) is -0.510. The SMILES string of the molecule is CC1CN(c2cc(F)c(C3=CCN(C(=O)OC4(C)CCC4)C3)cc2NC(=O)c2c[nH]c(=O)cc2C(F)(F)F)CC(C)N1C. The van der Waals surface area contributed by atoms with E-state index < -0.39 is 46.3 Å². The lowest BCUT2D eigenvalue weighted by molar-refractivity contribution is -0.138. The summed E-state index contributed by atoms with van der Waals surface area (Å²) in [5.41, 5.74) is -2.66. The maximum atomic E-state index is 15.8. The van der Waals surface area contributed by atoms with Gasteiger partial charge < -0.3 is 24.8 Å². The van der Waals surface area contributed by atoms with Gasteiger partial charge in [0.2, 0.25) is 5.56 Å². The number of rotatable bonds is 5. The maximum absolute atomic E-state index is 15.8. The van der Waals surface area contributed by atoms with Crippen LogP contribution in [0.1, 0.15) is 61.5 Å². The molecule has 0 radical (unpaired) electrons. The molecule has 2 unspecified atom stereocenters. The normalized spacial score (nSPS) is 22.2. The number of hydrogen-bond donors (Lipinski definition) is 2. The molecular weight excluding hydrogens is 570 g/mol. The summed E-state index contributed by atoms with van der Waals surface area (Å²) in [6.45, 7) is 7.11. The molecule has 0 spiro atoms. The molecule has 13 heteroatoms. The summed E-state index contributed by atoms with van der Waals surface area (Å²) < 4.78 is 62.6. The first-order valence-corrected chi connectivity index (χ1v) is 14.2. The molecule has 1 aromatic carbocycles. The molecule has 2 N–H and O–H groups in total. The van der Waals surface area contributed by atoms with E-state index in [-0.39, 0.29) is 36.4 Å². The number of nitrogens with zero attached hydrogens (tertiary/aromatic N) is 3. The predicted octanol–water partition coefficient (Wildman–Crippen LogP) is 5.09. The van der Waals surface area contributed by atoms with E-state index in [0.717, 1.165) is 25.5 Å². The van der Waals surface area contributed by atoms with Gasteiger partial charge in [-0.15, -0.1) is 0 Å². The standard InChI is InChI=1S/C30H35F4N5O4/c1-17-14-39(15-18(2)37(17)4)25-12-23(31)20(19-6-9-38(16-19)28(42)43-29(3)7-5-8-29)10-24(25)36-27(41)21-13-35-26(40)11-22(21)30(32,33)34/h6,10-13,17-18H,5,7-9,14-16H2,1-4H3,(H,35,40)(H,36,41). The van der Waals surface area contributed by atoms with Crippen LogP contribution in [-0.2, 0) is 10.9 Å². The van der Waals surface area contributed by atoms with Crippen LogP contribution in [0.2, 0.25) is 0 Å². The first-order valence-electron chi connectivity index (χ1n) is 14.2. The molecule has 2 aromatic rings. The second-order valence-corrected chi connectivity index (χ2v) is 12.0. The average Bonchev–Trinajstić information content (AvgIpc) is 3.41. The predicted molar refractivity (Wildman–Crippen MR) is 154 cm³/mol. The fourth-order valence-corrected chi connectivity index (χ4v) is 5.80.